The van der Waals surface area contributed by atoms with Crippen LogP contribution >= 0.6 is 0 Å². The molecule has 7 rings (SSSR count). The van der Waals surface area contributed by atoms with Gasteiger partial charge in [0.05, 0.1) is 0 Å². The summed E-state index contributed by atoms with van der Waals surface area (Å²) >= 11 is 0. The molecule has 0 aromatic heterocycles. The Labute approximate surface area is 406 Å². The molecule has 2 aliphatic heterocycles. The summed E-state index contributed by atoms with van der Waals surface area (Å²) in [6.45, 7) is 18.6. The van der Waals surface area contributed by atoms with Crippen LogP contribution in [0.25, 0.3) is 0 Å². The van der Waals surface area contributed by atoms with E-state index in [1.807, 2.05) is 87.2 Å². The first-order valence-electron chi connectivity index (χ1n) is 25.6. The van der Waals surface area contributed by atoms with Crippen LogP contribution in [-0.2, 0) is 19.2 Å². The van der Waals surface area contributed by atoms with E-state index in [0.29, 0.717) is 37.9 Å². The molecule has 368 valence electrons. The fourth-order valence-corrected chi connectivity index (χ4v) is 11.1. The number of carbonyl (C=O) groups is 6. The predicted octanol–water partition coefficient (Wildman–Crippen LogP) is 12.2. The van der Waals surface area contributed by atoms with Gasteiger partial charge in [0.2, 0.25) is 11.8 Å². The number of nitrogens with one attached hydrogen (secondary N) is 2. The van der Waals surface area contributed by atoms with E-state index in [9.17, 15) is 28.8 Å². The van der Waals surface area contributed by atoms with Crippen molar-refractivity contribution in [3.05, 3.63) is 88.0 Å². The van der Waals surface area contributed by atoms with Crippen molar-refractivity contribution in [1.29, 1.82) is 0 Å². The van der Waals surface area contributed by atoms with E-state index in [0.717, 1.165) is 107 Å². The third-order valence-corrected chi connectivity index (χ3v) is 14.7. The zero-order chi connectivity index (χ0) is 49.3. The maximum Gasteiger partial charge on any atom is 0.332 e. The van der Waals surface area contributed by atoms with Crippen molar-refractivity contribution >= 4 is 52.8 Å². The Morgan fingerprint density at radius 3 is 1.57 bits per heavy atom. The number of imide groups is 2. The molecule has 0 atom stereocenters. The molecule has 0 unspecified atom stereocenters. The molecule has 2 spiro atoms. The number of urea groups is 2. The van der Waals surface area contributed by atoms with Gasteiger partial charge in [-0.1, -0.05) is 159 Å². The van der Waals surface area contributed by atoms with Gasteiger partial charge in [-0.3, -0.25) is 33.9 Å². The lowest BCUT2D eigenvalue weighted by Crippen LogP contribution is -2.51. The van der Waals surface area contributed by atoms with E-state index in [2.05, 4.69) is 45.3 Å². The van der Waals surface area contributed by atoms with E-state index in [4.69, 9.17) is 0 Å². The van der Waals surface area contributed by atoms with Crippen molar-refractivity contribution in [2.45, 2.75) is 188 Å². The molecule has 0 radical (unpaired) electrons. The minimum atomic E-state index is -0.888. The number of rotatable bonds is 16. The van der Waals surface area contributed by atoms with Crippen molar-refractivity contribution in [3.63, 3.8) is 0 Å². The molecule has 2 N–H and O–H groups in total. The van der Waals surface area contributed by atoms with Gasteiger partial charge in [0.25, 0.3) is 11.8 Å². The van der Waals surface area contributed by atoms with Gasteiger partial charge in [-0.2, -0.15) is 0 Å². The van der Waals surface area contributed by atoms with Crippen LogP contribution in [0.4, 0.5) is 26.7 Å². The first-order chi connectivity index (χ1) is 32.4. The molecule has 0 bridgehead atoms. The summed E-state index contributed by atoms with van der Waals surface area (Å²) < 4.78 is 0. The van der Waals surface area contributed by atoms with Crippen LogP contribution < -0.4 is 15.5 Å². The zero-order valence-electron chi connectivity index (χ0n) is 42.5. The highest BCUT2D eigenvalue weighted by Crippen LogP contribution is 2.44. The molecular weight excluding hydrogens is 853 g/mol. The lowest BCUT2D eigenvalue weighted by Gasteiger charge is -2.38. The molecule has 2 saturated carbocycles. The number of carbonyl (C=O) groups excluding carboxylic acids is 6. The largest absolute Gasteiger partial charge is 0.332 e. The summed E-state index contributed by atoms with van der Waals surface area (Å²) in [5.41, 5.74) is 6.90. The molecule has 3 aromatic rings. The summed E-state index contributed by atoms with van der Waals surface area (Å²) in [6.07, 6.45) is 15.3. The number of hydrogen-bond acceptors (Lipinski definition) is 6. The Morgan fingerprint density at radius 1 is 0.574 bits per heavy atom. The average molecular weight is 931 g/mol. The van der Waals surface area contributed by atoms with Crippen LogP contribution in [0, 0.1) is 27.7 Å². The van der Waals surface area contributed by atoms with Crippen LogP contribution in [0.3, 0.4) is 0 Å². The Kier molecular flexibility index (Phi) is 17.3. The van der Waals surface area contributed by atoms with Crippen molar-refractivity contribution in [2.24, 2.45) is 0 Å². The fraction of sp³-hybridized carbons (Fsp3) is 0.571. The smallest absolute Gasteiger partial charge is 0.324 e. The van der Waals surface area contributed by atoms with E-state index in [1.165, 1.54) is 24.2 Å². The van der Waals surface area contributed by atoms with Gasteiger partial charge in [-0.25, -0.2) is 9.59 Å². The van der Waals surface area contributed by atoms with E-state index in [1.54, 1.807) is 4.90 Å². The highest BCUT2D eigenvalue weighted by molar-refractivity contribution is 6.18. The van der Waals surface area contributed by atoms with Gasteiger partial charge in [-0.15, -0.1) is 0 Å². The average Bonchev–Trinajstić information content (AvgIpc) is 3.60. The summed E-state index contributed by atoms with van der Waals surface area (Å²) in [5.74, 6) is -0.609. The van der Waals surface area contributed by atoms with Gasteiger partial charge < -0.3 is 15.5 Å². The Hall–Kier alpha value is -5.52. The molecule has 2 saturated heterocycles. The monoisotopic (exact) mass is 931 g/mol. The standard InChI is InChI=1S/C30H47N3O3.C26H31N3O3/c1-6-7-8-9-10-14-20-33-29(36)32(28(35)30(33)18-12-11-13-19-30)21-26(34)31-27-24(22(2)3)16-15-17-25(27)23(4)5;1-17-8-10-21(11-9-17)29-25(32)28(24(31)26(29)12-6-5-7-13-26)16-22(30)27-23-19(3)14-18(2)15-20(23)4/h15-17,22-23H,6-14,18-21H2,1-5H3,(H,31,34);8-11,14-15H,5-7,12-13,16H2,1-4H3,(H,27,30). The lowest BCUT2D eigenvalue weighted by atomic mass is 9.80. The minimum Gasteiger partial charge on any atom is -0.324 e. The summed E-state index contributed by atoms with van der Waals surface area (Å²) in [4.78, 5) is 86.4. The third-order valence-electron chi connectivity index (χ3n) is 14.7. The quantitative estimate of drug-likeness (QED) is 0.108. The number of anilines is 3. The number of nitrogens with zero attached hydrogens (tertiary/aromatic N) is 4. The van der Waals surface area contributed by atoms with Gasteiger partial charge in [0, 0.05) is 23.6 Å². The fourth-order valence-electron chi connectivity index (χ4n) is 11.1. The molecule has 3 aromatic carbocycles. The number of unbranched alkanes of at least 4 members (excludes halogenated alkanes) is 5. The first kappa shape index (κ1) is 51.9. The second-order valence-electron chi connectivity index (χ2n) is 20.6. The number of benzene rings is 3. The van der Waals surface area contributed by atoms with Crippen LogP contribution in [0.15, 0.2) is 54.6 Å². The zero-order valence-corrected chi connectivity index (χ0v) is 42.5. The number of hydrogen-bond donors (Lipinski definition) is 2. The second kappa shape index (κ2) is 22.7. The molecule has 12 heteroatoms. The van der Waals surface area contributed by atoms with E-state index < -0.39 is 17.1 Å². The minimum absolute atomic E-state index is 0.172. The summed E-state index contributed by atoms with van der Waals surface area (Å²) in [6, 6.07) is 17.1. The van der Waals surface area contributed by atoms with Crippen molar-refractivity contribution in [3.8, 4) is 0 Å². The van der Waals surface area contributed by atoms with Crippen LogP contribution in [0.5, 0.6) is 0 Å². The first-order valence-corrected chi connectivity index (χ1v) is 25.6. The molecular formula is C56H78N6O6. The molecule has 8 amide bonds. The van der Waals surface area contributed by atoms with Gasteiger partial charge >= 0.3 is 12.1 Å². The Morgan fingerprint density at radius 2 is 1.04 bits per heavy atom. The van der Waals surface area contributed by atoms with Crippen molar-refractivity contribution in [1.82, 2.24) is 14.7 Å². The molecule has 68 heavy (non-hydrogen) atoms. The van der Waals surface area contributed by atoms with Crippen LogP contribution in [-0.4, -0.2) is 81.1 Å². The summed E-state index contributed by atoms with van der Waals surface area (Å²) in [7, 11) is 0. The maximum atomic E-state index is 13.7. The highest BCUT2D eigenvalue weighted by Gasteiger charge is 2.59. The second-order valence-corrected chi connectivity index (χ2v) is 20.6. The normalized spacial score (nSPS) is 17.8. The maximum absolute atomic E-state index is 13.7. The van der Waals surface area contributed by atoms with Gasteiger partial charge in [0.1, 0.15) is 24.2 Å². The van der Waals surface area contributed by atoms with Gasteiger partial charge in [-0.05, 0) is 106 Å². The van der Waals surface area contributed by atoms with E-state index >= 15 is 0 Å². The highest BCUT2D eigenvalue weighted by atomic mass is 16.2. The summed E-state index contributed by atoms with van der Waals surface area (Å²) in [5, 5.41) is 6.01. The molecule has 4 aliphatic rings. The SMILES string of the molecule is CCCCCCCCN1C(=O)N(CC(=O)Nc2c(C(C)C)cccc2C(C)C)C(=O)C12CCCCC2.Cc1ccc(N2C(=O)N(CC(=O)Nc3c(C)cc(C)cc3C)C(=O)C23CCCCC3)cc1. The Bertz CT molecular complexity index is 2260. The van der Waals surface area contributed by atoms with Crippen LogP contribution in [0.2, 0.25) is 0 Å². The van der Waals surface area contributed by atoms with E-state index in [-0.39, 0.29) is 54.6 Å². The van der Waals surface area contributed by atoms with Crippen molar-refractivity contribution < 1.29 is 28.8 Å². The third kappa shape index (κ3) is 11.2. The molecule has 4 fully saturated rings. The topological polar surface area (TPSA) is 139 Å². The van der Waals surface area contributed by atoms with Gasteiger partial charge in [0.15, 0.2) is 0 Å². The predicted molar refractivity (Wildman–Crippen MR) is 272 cm³/mol. The van der Waals surface area contributed by atoms with Crippen LogP contribution in [0.1, 0.15) is 183 Å². The molecule has 2 heterocycles. The molecule has 12 nitrogen and oxygen atoms in total. The molecule has 2 aliphatic carbocycles. The number of amides is 8. The number of para-hydroxylation sites is 1. The number of aryl methyl sites for hydroxylation is 4. The Balaban J connectivity index is 0.000000225. The van der Waals surface area contributed by atoms with Crippen molar-refractivity contribution in [2.75, 3.05) is 35.2 Å². The lowest BCUT2D eigenvalue weighted by molar-refractivity contribution is -0.136.